The fourth-order valence-corrected chi connectivity index (χ4v) is 5.52. The van der Waals surface area contributed by atoms with E-state index in [0.717, 1.165) is 43.2 Å². The van der Waals surface area contributed by atoms with E-state index in [1.165, 1.54) is 4.31 Å². The number of sulfonamides is 1. The van der Waals surface area contributed by atoms with Gasteiger partial charge in [-0.3, -0.25) is 9.59 Å². The number of nitrogens with one attached hydrogen (secondary N) is 1. The third kappa shape index (κ3) is 6.15. The molecule has 0 atom stereocenters. The summed E-state index contributed by atoms with van der Waals surface area (Å²) in [6.45, 7) is 1.65. The number of aryl methyl sites for hydroxylation is 1. The van der Waals surface area contributed by atoms with Gasteiger partial charge in [-0.1, -0.05) is 49.1 Å². The zero-order valence-electron chi connectivity index (χ0n) is 17.7. The summed E-state index contributed by atoms with van der Waals surface area (Å²) in [6.07, 6.45) is 4.61. The first-order valence-corrected chi connectivity index (χ1v) is 12.0. The first kappa shape index (κ1) is 23.0. The molecule has 1 aliphatic carbocycles. The Morgan fingerprint density at radius 3 is 2.19 bits per heavy atom. The van der Waals surface area contributed by atoms with Gasteiger partial charge in [0.1, 0.15) is 0 Å². The quantitative estimate of drug-likeness (QED) is 0.653. The number of anilines is 1. The van der Waals surface area contributed by atoms with Crippen molar-refractivity contribution in [1.29, 1.82) is 0 Å². The van der Waals surface area contributed by atoms with Crippen LogP contribution >= 0.6 is 0 Å². The van der Waals surface area contributed by atoms with Crippen molar-refractivity contribution in [3.63, 3.8) is 0 Å². The van der Waals surface area contributed by atoms with Crippen molar-refractivity contribution in [2.24, 2.45) is 5.73 Å². The Balaban J connectivity index is 1.77. The van der Waals surface area contributed by atoms with E-state index in [-0.39, 0.29) is 23.9 Å². The summed E-state index contributed by atoms with van der Waals surface area (Å²) in [4.78, 5) is 24.0. The molecule has 3 N–H and O–H groups in total. The van der Waals surface area contributed by atoms with Crippen LogP contribution in [-0.2, 0) is 26.0 Å². The second-order valence-corrected chi connectivity index (χ2v) is 9.93. The van der Waals surface area contributed by atoms with Gasteiger partial charge in [0.05, 0.1) is 17.9 Å². The second-order valence-electron chi connectivity index (χ2n) is 8.04. The summed E-state index contributed by atoms with van der Waals surface area (Å²) in [5.74, 6) is -0.829. The molecule has 1 aliphatic rings. The molecule has 0 saturated heterocycles. The van der Waals surface area contributed by atoms with Crippen LogP contribution in [0.4, 0.5) is 5.69 Å². The van der Waals surface area contributed by atoms with Crippen LogP contribution in [0, 0.1) is 6.92 Å². The smallest absolute Gasteiger partial charge is 0.243 e. The Hall–Kier alpha value is -2.71. The van der Waals surface area contributed by atoms with Crippen molar-refractivity contribution in [3.05, 3.63) is 59.7 Å². The predicted octanol–water partition coefficient (Wildman–Crippen LogP) is 2.98. The molecule has 166 valence electrons. The highest BCUT2D eigenvalue weighted by Gasteiger charge is 2.33. The van der Waals surface area contributed by atoms with E-state index >= 15 is 0 Å². The molecule has 7 nitrogen and oxygen atoms in total. The van der Waals surface area contributed by atoms with Gasteiger partial charge in [0, 0.05) is 11.7 Å². The standard InChI is InChI=1S/C23H29N3O4S/c1-17-7-13-21(14-8-17)31(29,30)26(20-5-3-2-4-6-20)16-23(28)25-19-11-9-18(10-12-19)15-22(24)27/h7-14,20H,2-6,15-16H2,1H3,(H2,24,27)(H,25,28). The normalized spacial score (nSPS) is 15.0. The van der Waals surface area contributed by atoms with E-state index in [1.54, 1.807) is 48.5 Å². The summed E-state index contributed by atoms with van der Waals surface area (Å²) >= 11 is 0. The summed E-state index contributed by atoms with van der Waals surface area (Å²) in [5.41, 5.74) is 7.45. The Kier molecular flexibility index (Phi) is 7.46. The van der Waals surface area contributed by atoms with Crippen molar-refractivity contribution in [2.75, 3.05) is 11.9 Å². The number of rotatable bonds is 8. The summed E-state index contributed by atoms with van der Waals surface area (Å²) in [7, 11) is -3.80. The Labute approximate surface area is 183 Å². The maximum absolute atomic E-state index is 13.4. The van der Waals surface area contributed by atoms with Crippen molar-refractivity contribution in [1.82, 2.24) is 4.31 Å². The molecule has 0 unspecified atom stereocenters. The molecular weight excluding hydrogens is 414 g/mol. The average molecular weight is 444 g/mol. The highest BCUT2D eigenvalue weighted by molar-refractivity contribution is 7.89. The van der Waals surface area contributed by atoms with Crippen LogP contribution in [0.5, 0.6) is 0 Å². The van der Waals surface area contributed by atoms with E-state index in [0.29, 0.717) is 5.69 Å². The van der Waals surface area contributed by atoms with Gasteiger partial charge in [0.15, 0.2) is 0 Å². The third-order valence-corrected chi connectivity index (χ3v) is 7.44. The zero-order valence-corrected chi connectivity index (χ0v) is 18.5. The second kappa shape index (κ2) is 10.1. The largest absolute Gasteiger partial charge is 0.369 e. The first-order valence-electron chi connectivity index (χ1n) is 10.5. The number of nitrogens with two attached hydrogens (primary N) is 1. The summed E-state index contributed by atoms with van der Waals surface area (Å²) < 4.78 is 28.1. The van der Waals surface area contributed by atoms with Gasteiger partial charge in [0.2, 0.25) is 21.8 Å². The monoisotopic (exact) mass is 443 g/mol. The minimum absolute atomic E-state index is 0.123. The maximum Gasteiger partial charge on any atom is 0.243 e. The van der Waals surface area contributed by atoms with Gasteiger partial charge in [0.25, 0.3) is 0 Å². The molecule has 1 fully saturated rings. The number of carbonyl (C=O) groups is 2. The van der Waals surface area contributed by atoms with Gasteiger partial charge < -0.3 is 11.1 Å². The van der Waals surface area contributed by atoms with Crippen molar-refractivity contribution >= 4 is 27.5 Å². The van der Waals surface area contributed by atoms with Crippen LogP contribution in [0.2, 0.25) is 0 Å². The van der Waals surface area contributed by atoms with Crippen LogP contribution in [0.15, 0.2) is 53.4 Å². The number of amides is 2. The van der Waals surface area contributed by atoms with Crippen LogP contribution in [0.25, 0.3) is 0 Å². The van der Waals surface area contributed by atoms with Gasteiger partial charge in [-0.15, -0.1) is 0 Å². The van der Waals surface area contributed by atoms with Crippen LogP contribution in [-0.4, -0.2) is 37.1 Å². The Morgan fingerprint density at radius 2 is 1.61 bits per heavy atom. The minimum atomic E-state index is -3.80. The lowest BCUT2D eigenvalue weighted by atomic mass is 9.95. The molecule has 0 radical (unpaired) electrons. The van der Waals surface area contributed by atoms with Gasteiger partial charge in [-0.25, -0.2) is 8.42 Å². The van der Waals surface area contributed by atoms with Crippen LogP contribution < -0.4 is 11.1 Å². The molecule has 8 heteroatoms. The van der Waals surface area contributed by atoms with Gasteiger partial charge in [-0.2, -0.15) is 4.31 Å². The van der Waals surface area contributed by atoms with Crippen molar-refractivity contribution in [3.8, 4) is 0 Å². The molecule has 31 heavy (non-hydrogen) atoms. The van der Waals surface area contributed by atoms with E-state index in [9.17, 15) is 18.0 Å². The lowest BCUT2D eigenvalue weighted by molar-refractivity contribution is -0.118. The molecular formula is C23H29N3O4S. The molecule has 1 saturated carbocycles. The van der Waals surface area contributed by atoms with E-state index in [2.05, 4.69) is 5.32 Å². The molecule has 3 rings (SSSR count). The van der Waals surface area contributed by atoms with Gasteiger partial charge >= 0.3 is 0 Å². The Bertz CT molecular complexity index is 1010. The lowest BCUT2D eigenvalue weighted by Crippen LogP contribution is -2.45. The lowest BCUT2D eigenvalue weighted by Gasteiger charge is -2.33. The van der Waals surface area contributed by atoms with Crippen molar-refractivity contribution < 1.29 is 18.0 Å². The highest BCUT2D eigenvalue weighted by Crippen LogP contribution is 2.28. The summed E-state index contributed by atoms with van der Waals surface area (Å²) in [6, 6.07) is 13.3. The number of nitrogens with zero attached hydrogens (tertiary/aromatic N) is 1. The molecule has 0 bridgehead atoms. The molecule has 0 heterocycles. The fourth-order valence-electron chi connectivity index (χ4n) is 3.87. The highest BCUT2D eigenvalue weighted by atomic mass is 32.2. The molecule has 0 aliphatic heterocycles. The number of primary amides is 1. The molecule has 0 aromatic heterocycles. The van der Waals surface area contributed by atoms with E-state index < -0.39 is 21.8 Å². The molecule has 2 amide bonds. The van der Waals surface area contributed by atoms with E-state index in [1.807, 2.05) is 6.92 Å². The fraction of sp³-hybridized carbons (Fsp3) is 0.391. The van der Waals surface area contributed by atoms with E-state index in [4.69, 9.17) is 5.73 Å². The van der Waals surface area contributed by atoms with Crippen LogP contribution in [0.1, 0.15) is 43.2 Å². The van der Waals surface area contributed by atoms with Gasteiger partial charge in [-0.05, 0) is 49.6 Å². The molecule has 2 aromatic carbocycles. The molecule has 0 spiro atoms. The minimum Gasteiger partial charge on any atom is -0.369 e. The van der Waals surface area contributed by atoms with Crippen LogP contribution in [0.3, 0.4) is 0 Å². The van der Waals surface area contributed by atoms with Crippen molar-refractivity contribution in [2.45, 2.75) is 56.4 Å². The Morgan fingerprint density at radius 1 is 1.00 bits per heavy atom. The maximum atomic E-state index is 13.4. The molecule has 2 aromatic rings. The number of benzene rings is 2. The summed E-state index contributed by atoms with van der Waals surface area (Å²) in [5, 5.41) is 2.76. The zero-order chi connectivity index (χ0) is 22.4. The predicted molar refractivity (Wildman–Crippen MR) is 120 cm³/mol. The number of hydrogen-bond acceptors (Lipinski definition) is 4. The topological polar surface area (TPSA) is 110 Å². The average Bonchev–Trinajstić information content (AvgIpc) is 2.74. The number of carbonyl (C=O) groups excluding carboxylic acids is 2. The SMILES string of the molecule is Cc1ccc(S(=O)(=O)N(CC(=O)Nc2ccc(CC(N)=O)cc2)C2CCCCC2)cc1. The third-order valence-electron chi connectivity index (χ3n) is 5.53. The number of hydrogen-bond donors (Lipinski definition) is 2. The first-order chi connectivity index (χ1) is 14.8.